The second-order valence-electron chi connectivity index (χ2n) is 6.86. The number of nitrogens with two attached hydrogens (primary N) is 1. The Bertz CT molecular complexity index is 548. The molecule has 0 bridgehead atoms. The summed E-state index contributed by atoms with van der Waals surface area (Å²) in [7, 11) is 0. The van der Waals surface area contributed by atoms with Crippen molar-refractivity contribution in [2.24, 2.45) is 5.73 Å². The molecule has 1 unspecified atom stereocenters. The molecular formula is C17H24N2O2. The number of hydrogen-bond donors (Lipinski definition) is 2. The number of para-hydroxylation sites is 1. The monoisotopic (exact) mass is 288 g/mol. The summed E-state index contributed by atoms with van der Waals surface area (Å²) in [5, 5.41) is 3.43. The Kier molecular flexibility index (Phi) is 3.66. The van der Waals surface area contributed by atoms with Crippen LogP contribution in [0.2, 0.25) is 0 Å². The van der Waals surface area contributed by atoms with Crippen LogP contribution >= 0.6 is 0 Å². The van der Waals surface area contributed by atoms with Gasteiger partial charge < -0.3 is 10.5 Å². The minimum absolute atomic E-state index is 0.214. The fourth-order valence-corrected chi connectivity index (χ4v) is 3.52. The van der Waals surface area contributed by atoms with Crippen LogP contribution < -0.4 is 15.8 Å². The molecule has 2 aliphatic rings. The van der Waals surface area contributed by atoms with Crippen LogP contribution in [0, 0.1) is 0 Å². The van der Waals surface area contributed by atoms with Crippen LogP contribution in [0.1, 0.15) is 56.7 Å². The average molecular weight is 288 g/mol. The van der Waals surface area contributed by atoms with Gasteiger partial charge in [0.1, 0.15) is 17.4 Å². The summed E-state index contributed by atoms with van der Waals surface area (Å²) in [4.78, 5) is 12.0. The van der Waals surface area contributed by atoms with E-state index in [0.29, 0.717) is 6.04 Å². The number of nitrogens with one attached hydrogen (secondary N) is 1. The molecule has 0 aromatic heterocycles. The average Bonchev–Trinajstić information content (AvgIpc) is 3.00. The Balaban J connectivity index is 1.90. The number of carbonyl (C=O) groups excluding carboxylic acids is 1. The molecule has 1 fully saturated rings. The van der Waals surface area contributed by atoms with E-state index in [4.69, 9.17) is 10.5 Å². The number of hydrogen-bond acceptors (Lipinski definition) is 3. The lowest BCUT2D eigenvalue weighted by Gasteiger charge is -2.24. The van der Waals surface area contributed by atoms with Gasteiger partial charge in [-0.2, -0.15) is 0 Å². The van der Waals surface area contributed by atoms with E-state index in [1.54, 1.807) is 0 Å². The summed E-state index contributed by atoms with van der Waals surface area (Å²) in [6.07, 6.45) is 5.54. The number of primary amides is 1. The van der Waals surface area contributed by atoms with E-state index in [-0.39, 0.29) is 11.5 Å². The summed E-state index contributed by atoms with van der Waals surface area (Å²) in [5.41, 5.74) is 7.49. The molecule has 21 heavy (non-hydrogen) atoms. The number of amides is 1. The molecule has 1 amide bonds. The molecule has 3 rings (SSSR count). The second-order valence-corrected chi connectivity index (χ2v) is 6.86. The lowest BCUT2D eigenvalue weighted by molar-refractivity contribution is -0.120. The molecule has 1 atom stereocenters. The highest BCUT2D eigenvalue weighted by atomic mass is 16.5. The molecule has 1 aliphatic carbocycles. The summed E-state index contributed by atoms with van der Waals surface area (Å²) in [5.74, 6) is 0.514. The predicted octanol–water partition coefficient (Wildman–Crippen LogP) is 2.46. The molecule has 1 saturated carbocycles. The normalized spacial score (nSPS) is 21.8. The fraction of sp³-hybridized carbons (Fsp3) is 0.588. The van der Waals surface area contributed by atoms with Gasteiger partial charge in [0.15, 0.2) is 0 Å². The molecule has 0 saturated heterocycles. The number of ether oxygens (including phenoxy) is 1. The summed E-state index contributed by atoms with van der Waals surface area (Å²) in [6, 6.07) is 5.94. The fourth-order valence-electron chi connectivity index (χ4n) is 3.52. The molecule has 1 heterocycles. The summed E-state index contributed by atoms with van der Waals surface area (Å²) >= 11 is 0. The van der Waals surface area contributed by atoms with Gasteiger partial charge in [-0.15, -0.1) is 0 Å². The largest absolute Gasteiger partial charge is 0.487 e. The highest BCUT2D eigenvalue weighted by Gasteiger charge is 2.35. The van der Waals surface area contributed by atoms with Gasteiger partial charge in [-0.25, -0.2) is 0 Å². The van der Waals surface area contributed by atoms with E-state index in [1.165, 1.54) is 12.8 Å². The predicted molar refractivity (Wildman–Crippen MR) is 82.2 cm³/mol. The molecular weight excluding hydrogens is 264 g/mol. The molecule has 4 nitrogen and oxygen atoms in total. The molecule has 3 N–H and O–H groups in total. The van der Waals surface area contributed by atoms with Crippen molar-refractivity contribution < 1.29 is 9.53 Å². The van der Waals surface area contributed by atoms with Gasteiger partial charge in [0, 0.05) is 18.0 Å². The van der Waals surface area contributed by atoms with Crippen LogP contribution in [0.15, 0.2) is 18.2 Å². The van der Waals surface area contributed by atoms with Gasteiger partial charge >= 0.3 is 0 Å². The minimum atomic E-state index is -0.461. The number of rotatable bonds is 4. The zero-order valence-electron chi connectivity index (χ0n) is 12.8. The Morgan fingerprint density at radius 2 is 2.10 bits per heavy atom. The number of carbonyl (C=O) groups is 1. The first-order valence-corrected chi connectivity index (χ1v) is 7.82. The van der Waals surface area contributed by atoms with Crippen molar-refractivity contribution >= 4 is 5.91 Å². The van der Waals surface area contributed by atoms with E-state index < -0.39 is 6.04 Å². The van der Waals surface area contributed by atoms with Crippen molar-refractivity contribution in [3.05, 3.63) is 29.3 Å². The summed E-state index contributed by atoms with van der Waals surface area (Å²) in [6.45, 7) is 4.14. The van der Waals surface area contributed by atoms with Crippen LogP contribution in [0.4, 0.5) is 0 Å². The van der Waals surface area contributed by atoms with Crippen LogP contribution in [-0.2, 0) is 11.2 Å². The lowest BCUT2D eigenvalue weighted by Crippen LogP contribution is -2.39. The van der Waals surface area contributed by atoms with Crippen molar-refractivity contribution in [3.8, 4) is 5.75 Å². The van der Waals surface area contributed by atoms with Gasteiger partial charge in [-0.1, -0.05) is 31.0 Å². The van der Waals surface area contributed by atoms with E-state index in [1.807, 2.05) is 12.1 Å². The van der Waals surface area contributed by atoms with Crippen LogP contribution in [-0.4, -0.2) is 17.6 Å². The van der Waals surface area contributed by atoms with Crippen LogP contribution in [0.3, 0.4) is 0 Å². The van der Waals surface area contributed by atoms with Crippen LogP contribution in [0.5, 0.6) is 5.75 Å². The quantitative estimate of drug-likeness (QED) is 0.894. The molecule has 0 radical (unpaired) electrons. The third-order valence-electron chi connectivity index (χ3n) is 4.47. The third kappa shape index (κ3) is 2.91. The first-order valence-electron chi connectivity index (χ1n) is 7.82. The summed E-state index contributed by atoms with van der Waals surface area (Å²) < 4.78 is 6.07. The maximum Gasteiger partial charge on any atom is 0.239 e. The molecule has 0 spiro atoms. The highest BCUT2D eigenvalue weighted by Crippen LogP contribution is 2.40. The smallest absolute Gasteiger partial charge is 0.239 e. The van der Waals surface area contributed by atoms with Crippen molar-refractivity contribution in [1.82, 2.24) is 5.32 Å². The van der Waals surface area contributed by atoms with Gasteiger partial charge in [-0.05, 0) is 32.3 Å². The van der Waals surface area contributed by atoms with Gasteiger partial charge in [-0.3, -0.25) is 10.1 Å². The van der Waals surface area contributed by atoms with E-state index in [2.05, 4.69) is 25.2 Å². The van der Waals surface area contributed by atoms with Gasteiger partial charge in [0.2, 0.25) is 5.91 Å². The third-order valence-corrected chi connectivity index (χ3v) is 4.47. The maximum atomic E-state index is 12.0. The molecule has 1 aliphatic heterocycles. The first kappa shape index (κ1) is 14.4. The SMILES string of the molecule is CC1(C)Cc2cccc(C(NC3CCCC3)C(N)=O)c2O1. The van der Waals surface area contributed by atoms with Crippen molar-refractivity contribution in [2.75, 3.05) is 0 Å². The standard InChI is InChI=1S/C17H24N2O2/c1-17(2)10-11-6-5-9-13(15(11)21-17)14(16(18)20)19-12-7-3-4-8-12/h5-6,9,12,14,19H,3-4,7-8,10H2,1-2H3,(H2,18,20). The zero-order chi connectivity index (χ0) is 15.0. The first-order chi connectivity index (χ1) is 9.96. The molecule has 4 heteroatoms. The van der Waals surface area contributed by atoms with Crippen molar-refractivity contribution in [2.45, 2.75) is 63.6 Å². The number of fused-ring (bicyclic) bond motifs is 1. The van der Waals surface area contributed by atoms with E-state index in [0.717, 1.165) is 36.1 Å². The highest BCUT2D eigenvalue weighted by molar-refractivity contribution is 5.82. The van der Waals surface area contributed by atoms with Gasteiger partial charge in [0.05, 0.1) is 0 Å². The molecule has 114 valence electrons. The minimum Gasteiger partial charge on any atom is -0.487 e. The molecule has 1 aromatic carbocycles. The Labute approximate surface area is 126 Å². The van der Waals surface area contributed by atoms with E-state index >= 15 is 0 Å². The second kappa shape index (κ2) is 5.34. The van der Waals surface area contributed by atoms with Crippen LogP contribution in [0.25, 0.3) is 0 Å². The van der Waals surface area contributed by atoms with Crippen molar-refractivity contribution in [3.63, 3.8) is 0 Å². The Hall–Kier alpha value is -1.55. The Morgan fingerprint density at radius 3 is 2.76 bits per heavy atom. The topological polar surface area (TPSA) is 64.3 Å². The Morgan fingerprint density at radius 1 is 1.38 bits per heavy atom. The molecule has 1 aromatic rings. The van der Waals surface area contributed by atoms with E-state index in [9.17, 15) is 4.79 Å². The van der Waals surface area contributed by atoms with Crippen molar-refractivity contribution in [1.29, 1.82) is 0 Å². The number of benzene rings is 1. The van der Waals surface area contributed by atoms with Gasteiger partial charge in [0.25, 0.3) is 0 Å². The zero-order valence-corrected chi connectivity index (χ0v) is 12.8. The maximum absolute atomic E-state index is 12.0. The lowest BCUT2D eigenvalue weighted by atomic mass is 9.97.